The number of hydrogen-bond acceptors (Lipinski definition) is 1. The second kappa shape index (κ2) is 8.78. The maximum atomic E-state index is 13.9. The molecule has 1 aromatic carbocycles. The van der Waals surface area contributed by atoms with Gasteiger partial charge in [0.25, 0.3) is 0 Å². The van der Waals surface area contributed by atoms with Crippen LogP contribution in [0.5, 0.6) is 5.75 Å². The molecule has 0 radical (unpaired) electrons. The first-order valence-corrected chi connectivity index (χ1v) is 7.46. The minimum absolute atomic E-state index is 0.0206. The highest BCUT2D eigenvalue weighted by atomic mass is 19.2. The fraction of sp³-hybridized carbons (Fsp3) is 0.500. The van der Waals surface area contributed by atoms with Gasteiger partial charge >= 0.3 is 0 Å². The Balaban J connectivity index is 3.09. The van der Waals surface area contributed by atoms with Crippen LogP contribution < -0.4 is 9.64 Å². The summed E-state index contributed by atoms with van der Waals surface area (Å²) >= 11 is 0. The third-order valence-electron chi connectivity index (χ3n) is 3.40. The topological polar surface area (TPSA) is 13.7 Å². The van der Waals surface area contributed by atoms with Gasteiger partial charge in [-0.2, -0.15) is 8.78 Å². The molecule has 0 aliphatic heterocycles. The van der Waals surface area contributed by atoms with E-state index in [0.29, 0.717) is 13.0 Å². The monoisotopic (exact) mass is 320 g/mol. The highest BCUT2D eigenvalue weighted by molar-refractivity contribution is 5.53. The van der Waals surface area contributed by atoms with E-state index in [1.807, 2.05) is 13.8 Å². The summed E-state index contributed by atoms with van der Waals surface area (Å²) in [6, 6.07) is 0. The molecule has 1 N–H and O–H groups in total. The van der Waals surface area contributed by atoms with Gasteiger partial charge < -0.3 is 9.64 Å². The zero-order valence-electron chi connectivity index (χ0n) is 13.1. The molecule has 22 heavy (non-hydrogen) atoms. The van der Waals surface area contributed by atoms with Gasteiger partial charge in [-0.3, -0.25) is 0 Å². The average molecular weight is 320 g/mol. The summed E-state index contributed by atoms with van der Waals surface area (Å²) in [5.41, 5.74) is -0.717. The van der Waals surface area contributed by atoms with Crippen LogP contribution in [0.1, 0.15) is 32.8 Å². The van der Waals surface area contributed by atoms with Gasteiger partial charge in [0.2, 0.25) is 11.6 Å². The van der Waals surface area contributed by atoms with Gasteiger partial charge in [-0.25, -0.2) is 8.78 Å². The number of ether oxygens (including phenoxy) is 1. The number of benzene rings is 1. The van der Waals surface area contributed by atoms with Crippen molar-refractivity contribution in [3.05, 3.63) is 34.9 Å². The fourth-order valence-corrected chi connectivity index (χ4v) is 1.99. The summed E-state index contributed by atoms with van der Waals surface area (Å²) in [4.78, 5) is 1.18. The molecule has 1 rings (SSSR count). The van der Waals surface area contributed by atoms with Crippen LogP contribution in [0.15, 0.2) is 6.08 Å². The van der Waals surface area contributed by atoms with E-state index in [1.54, 1.807) is 6.92 Å². The standard InChI is InChI=1S/C16H21F4NO/c1-4-10-22-16-14(19)12(17)11(13(18)15(16)20)8-7-9-21(5-2)6-3/h7-8H,4-6,9-10H2,1-3H3/p+1/b8-7+. The normalized spacial score (nSPS) is 11.6. The van der Waals surface area contributed by atoms with Crippen molar-refractivity contribution in [3.63, 3.8) is 0 Å². The average Bonchev–Trinajstić information content (AvgIpc) is 2.52. The number of quaternary nitrogens is 1. The van der Waals surface area contributed by atoms with Crippen molar-refractivity contribution in [2.45, 2.75) is 27.2 Å². The van der Waals surface area contributed by atoms with E-state index in [4.69, 9.17) is 4.74 Å². The van der Waals surface area contributed by atoms with Crippen LogP contribution in [-0.2, 0) is 0 Å². The van der Waals surface area contributed by atoms with E-state index in [2.05, 4.69) is 0 Å². The largest absolute Gasteiger partial charge is 0.487 e. The van der Waals surface area contributed by atoms with Crippen LogP contribution in [0.4, 0.5) is 17.6 Å². The molecule has 0 atom stereocenters. The van der Waals surface area contributed by atoms with Crippen molar-refractivity contribution in [1.82, 2.24) is 0 Å². The molecule has 6 heteroatoms. The van der Waals surface area contributed by atoms with E-state index >= 15 is 0 Å². The molecule has 0 fully saturated rings. The van der Waals surface area contributed by atoms with E-state index in [9.17, 15) is 17.6 Å². The molecule has 0 saturated carbocycles. The molecule has 0 heterocycles. The predicted molar refractivity (Wildman–Crippen MR) is 78.0 cm³/mol. The summed E-state index contributed by atoms with van der Waals surface area (Å²) in [6.07, 6.45) is 3.05. The molecular weight excluding hydrogens is 298 g/mol. The molecular formula is C16H22F4NO+. The van der Waals surface area contributed by atoms with E-state index in [0.717, 1.165) is 19.2 Å². The number of nitrogens with one attached hydrogen (secondary N) is 1. The summed E-state index contributed by atoms with van der Waals surface area (Å²) < 4.78 is 60.1. The van der Waals surface area contributed by atoms with E-state index in [-0.39, 0.29) is 6.61 Å². The van der Waals surface area contributed by atoms with Crippen molar-refractivity contribution in [1.29, 1.82) is 0 Å². The third kappa shape index (κ3) is 4.22. The van der Waals surface area contributed by atoms with Crippen molar-refractivity contribution in [3.8, 4) is 5.75 Å². The molecule has 0 saturated heterocycles. The Labute approximate surface area is 128 Å². The van der Waals surface area contributed by atoms with Gasteiger partial charge in [0.1, 0.15) is 0 Å². The maximum Gasteiger partial charge on any atom is 0.204 e. The quantitative estimate of drug-likeness (QED) is 0.574. The Bertz CT molecular complexity index is 498. The van der Waals surface area contributed by atoms with Crippen LogP contribution in [0.3, 0.4) is 0 Å². The Morgan fingerprint density at radius 1 is 0.909 bits per heavy atom. The van der Waals surface area contributed by atoms with Crippen LogP contribution in [0.2, 0.25) is 0 Å². The molecule has 0 amide bonds. The third-order valence-corrected chi connectivity index (χ3v) is 3.40. The fourth-order valence-electron chi connectivity index (χ4n) is 1.99. The summed E-state index contributed by atoms with van der Waals surface area (Å²) in [5, 5.41) is 0. The lowest BCUT2D eigenvalue weighted by Crippen LogP contribution is -3.11. The number of hydrogen-bond donors (Lipinski definition) is 1. The van der Waals surface area contributed by atoms with Crippen LogP contribution in [0.25, 0.3) is 6.08 Å². The molecule has 1 aromatic rings. The van der Waals surface area contributed by atoms with Gasteiger partial charge in [-0.1, -0.05) is 6.92 Å². The first-order valence-electron chi connectivity index (χ1n) is 7.46. The SMILES string of the molecule is CCCOc1c(F)c(F)c(/C=C/C[NH+](CC)CC)c(F)c1F. The van der Waals surface area contributed by atoms with E-state index < -0.39 is 34.6 Å². The summed E-state index contributed by atoms with van der Waals surface area (Å²) in [5.74, 6) is -6.86. The molecule has 0 unspecified atom stereocenters. The lowest BCUT2D eigenvalue weighted by Gasteiger charge is -2.13. The highest BCUT2D eigenvalue weighted by Gasteiger charge is 2.25. The molecule has 0 spiro atoms. The minimum Gasteiger partial charge on any atom is -0.487 e. The zero-order chi connectivity index (χ0) is 16.7. The Kier molecular flexibility index (Phi) is 7.38. The minimum atomic E-state index is -1.50. The summed E-state index contributed by atoms with van der Waals surface area (Å²) in [7, 11) is 0. The van der Waals surface area contributed by atoms with Crippen LogP contribution >= 0.6 is 0 Å². The van der Waals surface area contributed by atoms with Gasteiger partial charge in [0.15, 0.2) is 17.4 Å². The molecule has 0 aromatic heterocycles. The van der Waals surface area contributed by atoms with Gasteiger partial charge in [0, 0.05) is 0 Å². The molecule has 0 bridgehead atoms. The molecule has 0 aliphatic carbocycles. The van der Waals surface area contributed by atoms with Gasteiger partial charge in [0.05, 0.1) is 31.8 Å². The highest BCUT2D eigenvalue weighted by Crippen LogP contribution is 2.30. The van der Waals surface area contributed by atoms with Crippen molar-refractivity contribution in [2.24, 2.45) is 0 Å². The number of halogens is 4. The number of rotatable bonds is 8. The van der Waals surface area contributed by atoms with Crippen molar-refractivity contribution in [2.75, 3.05) is 26.2 Å². The number of likely N-dealkylation sites (N-methyl/N-ethyl adjacent to an activating group) is 1. The van der Waals surface area contributed by atoms with Crippen molar-refractivity contribution >= 4 is 6.08 Å². The predicted octanol–water partition coefficient (Wildman–Crippen LogP) is 2.97. The Hall–Kier alpha value is -1.56. The van der Waals surface area contributed by atoms with E-state index in [1.165, 1.54) is 11.0 Å². The zero-order valence-corrected chi connectivity index (χ0v) is 13.1. The molecule has 2 nitrogen and oxygen atoms in total. The molecule has 0 aliphatic rings. The first-order chi connectivity index (χ1) is 10.5. The lowest BCUT2D eigenvalue weighted by molar-refractivity contribution is -0.890. The smallest absolute Gasteiger partial charge is 0.204 e. The van der Waals surface area contributed by atoms with Gasteiger partial charge in [-0.05, 0) is 32.4 Å². The van der Waals surface area contributed by atoms with Crippen LogP contribution in [-0.4, -0.2) is 26.2 Å². The summed E-state index contributed by atoms with van der Waals surface area (Å²) in [6.45, 7) is 7.86. The molecule has 124 valence electrons. The van der Waals surface area contributed by atoms with Gasteiger partial charge in [-0.15, -0.1) is 0 Å². The second-order valence-corrected chi connectivity index (χ2v) is 4.91. The van der Waals surface area contributed by atoms with Crippen LogP contribution in [0, 0.1) is 23.3 Å². The lowest BCUT2D eigenvalue weighted by atomic mass is 10.1. The first kappa shape index (κ1) is 18.5. The Morgan fingerprint density at radius 2 is 1.45 bits per heavy atom. The van der Waals surface area contributed by atoms with Crippen molar-refractivity contribution < 1.29 is 27.2 Å². The maximum absolute atomic E-state index is 13.9. The Morgan fingerprint density at radius 3 is 1.91 bits per heavy atom. The second-order valence-electron chi connectivity index (χ2n) is 4.91.